The molecular weight excluding hydrogens is 406 g/mol. The Kier molecular flexibility index (Phi) is 5.20. The van der Waals surface area contributed by atoms with E-state index >= 15 is 0 Å². The molecule has 1 aliphatic heterocycles. The molecule has 4 rings (SSSR count). The first-order valence-electron chi connectivity index (χ1n) is 8.70. The SMILES string of the molecule is O=C1NC(=S)N(c2ccc(Cl)cc2)C(=O)/C1=C\c1cccc(-c2cccnc2)c1. The first kappa shape index (κ1) is 19.0. The van der Waals surface area contributed by atoms with Gasteiger partial charge in [0, 0.05) is 23.0 Å². The first-order valence-corrected chi connectivity index (χ1v) is 9.49. The number of nitrogens with zero attached hydrogens (tertiary/aromatic N) is 2. The number of halogens is 1. The quantitative estimate of drug-likeness (QED) is 0.392. The second-order valence-electron chi connectivity index (χ2n) is 6.30. The summed E-state index contributed by atoms with van der Waals surface area (Å²) in [6, 6.07) is 18.0. The van der Waals surface area contributed by atoms with Gasteiger partial charge in [-0.3, -0.25) is 24.8 Å². The van der Waals surface area contributed by atoms with Crippen LogP contribution in [-0.2, 0) is 9.59 Å². The Morgan fingerprint density at radius 1 is 1.00 bits per heavy atom. The zero-order chi connectivity index (χ0) is 20.4. The summed E-state index contributed by atoms with van der Waals surface area (Å²) in [5.41, 5.74) is 3.11. The number of aromatic nitrogens is 1. The molecule has 3 aromatic rings. The average Bonchev–Trinajstić information content (AvgIpc) is 2.73. The summed E-state index contributed by atoms with van der Waals surface area (Å²) in [6.07, 6.45) is 5.02. The van der Waals surface area contributed by atoms with E-state index in [4.69, 9.17) is 23.8 Å². The van der Waals surface area contributed by atoms with E-state index in [1.807, 2.05) is 36.4 Å². The topological polar surface area (TPSA) is 62.3 Å². The van der Waals surface area contributed by atoms with Crippen molar-refractivity contribution in [2.24, 2.45) is 0 Å². The summed E-state index contributed by atoms with van der Waals surface area (Å²) < 4.78 is 0. The lowest BCUT2D eigenvalue weighted by Crippen LogP contribution is -2.54. The molecular formula is C22H14ClN3O2S. The van der Waals surface area contributed by atoms with Crippen molar-refractivity contribution in [2.75, 3.05) is 4.90 Å². The number of carbonyl (C=O) groups excluding carboxylic acids is 2. The van der Waals surface area contributed by atoms with E-state index in [9.17, 15) is 9.59 Å². The predicted molar refractivity (Wildman–Crippen MR) is 117 cm³/mol. The van der Waals surface area contributed by atoms with Gasteiger partial charge < -0.3 is 0 Å². The molecule has 0 unspecified atom stereocenters. The summed E-state index contributed by atoms with van der Waals surface area (Å²) in [6.45, 7) is 0. The second-order valence-corrected chi connectivity index (χ2v) is 7.12. The van der Waals surface area contributed by atoms with Gasteiger partial charge in [0.2, 0.25) is 0 Å². The van der Waals surface area contributed by atoms with Crippen molar-refractivity contribution in [1.29, 1.82) is 0 Å². The van der Waals surface area contributed by atoms with Crippen LogP contribution in [0.25, 0.3) is 17.2 Å². The Hall–Kier alpha value is -3.35. The van der Waals surface area contributed by atoms with Crippen molar-refractivity contribution in [3.63, 3.8) is 0 Å². The number of amides is 2. The summed E-state index contributed by atoms with van der Waals surface area (Å²) in [4.78, 5) is 30.9. The maximum atomic E-state index is 13.1. The van der Waals surface area contributed by atoms with Gasteiger partial charge in [0.05, 0.1) is 5.69 Å². The molecule has 0 saturated carbocycles. The van der Waals surface area contributed by atoms with Gasteiger partial charge >= 0.3 is 0 Å². The van der Waals surface area contributed by atoms with E-state index in [-0.39, 0.29) is 10.7 Å². The fraction of sp³-hybridized carbons (Fsp3) is 0. The van der Waals surface area contributed by atoms with Crippen molar-refractivity contribution >= 4 is 52.5 Å². The van der Waals surface area contributed by atoms with Gasteiger partial charge in [-0.25, -0.2) is 0 Å². The van der Waals surface area contributed by atoms with Crippen molar-refractivity contribution in [1.82, 2.24) is 10.3 Å². The molecule has 7 heteroatoms. The number of benzene rings is 2. The third-order valence-electron chi connectivity index (χ3n) is 4.38. The normalized spacial score (nSPS) is 15.6. The molecule has 142 valence electrons. The van der Waals surface area contributed by atoms with Crippen LogP contribution in [-0.4, -0.2) is 21.9 Å². The molecule has 1 fully saturated rings. The average molecular weight is 420 g/mol. The summed E-state index contributed by atoms with van der Waals surface area (Å²) in [7, 11) is 0. The molecule has 2 heterocycles. The fourth-order valence-electron chi connectivity index (χ4n) is 2.99. The van der Waals surface area contributed by atoms with E-state index in [2.05, 4.69) is 10.3 Å². The Bertz CT molecular complexity index is 1140. The summed E-state index contributed by atoms with van der Waals surface area (Å²) in [5, 5.41) is 3.15. The highest BCUT2D eigenvalue weighted by atomic mass is 35.5. The van der Waals surface area contributed by atoms with E-state index in [0.29, 0.717) is 16.3 Å². The minimum Gasteiger partial charge on any atom is -0.298 e. The molecule has 0 spiro atoms. The van der Waals surface area contributed by atoms with Gasteiger partial charge in [-0.15, -0.1) is 0 Å². The van der Waals surface area contributed by atoms with Crippen molar-refractivity contribution < 1.29 is 9.59 Å². The predicted octanol–water partition coefficient (Wildman–Crippen LogP) is 4.23. The molecule has 1 aromatic heterocycles. The van der Waals surface area contributed by atoms with Crippen LogP contribution in [0.4, 0.5) is 5.69 Å². The molecule has 1 saturated heterocycles. The van der Waals surface area contributed by atoms with E-state index in [1.165, 1.54) is 4.90 Å². The number of rotatable bonds is 3. The number of nitrogens with one attached hydrogen (secondary N) is 1. The van der Waals surface area contributed by atoms with Crippen LogP contribution in [0.5, 0.6) is 0 Å². The van der Waals surface area contributed by atoms with Gasteiger partial charge in [-0.2, -0.15) is 0 Å². The molecule has 0 radical (unpaired) electrons. The van der Waals surface area contributed by atoms with Crippen molar-refractivity contribution in [3.05, 3.63) is 89.2 Å². The molecule has 2 aromatic carbocycles. The first-order chi connectivity index (χ1) is 14.0. The van der Waals surface area contributed by atoms with Crippen molar-refractivity contribution in [2.45, 2.75) is 0 Å². The van der Waals surface area contributed by atoms with Crippen LogP contribution in [0.2, 0.25) is 5.02 Å². The summed E-state index contributed by atoms with van der Waals surface area (Å²) >= 11 is 11.1. The number of carbonyl (C=O) groups is 2. The molecule has 2 amide bonds. The molecule has 5 nitrogen and oxygen atoms in total. The number of anilines is 1. The van der Waals surface area contributed by atoms with Crippen LogP contribution in [0.1, 0.15) is 5.56 Å². The van der Waals surface area contributed by atoms with E-state index in [0.717, 1.165) is 11.1 Å². The fourth-order valence-corrected chi connectivity index (χ4v) is 3.40. The van der Waals surface area contributed by atoms with Crippen LogP contribution in [0.3, 0.4) is 0 Å². The molecule has 0 aliphatic carbocycles. The highest BCUT2D eigenvalue weighted by Gasteiger charge is 2.34. The Labute approximate surface area is 177 Å². The Morgan fingerprint density at radius 3 is 2.48 bits per heavy atom. The highest BCUT2D eigenvalue weighted by molar-refractivity contribution is 7.80. The van der Waals surface area contributed by atoms with Gasteiger partial charge in [0.1, 0.15) is 5.57 Å². The molecule has 0 bridgehead atoms. The summed E-state index contributed by atoms with van der Waals surface area (Å²) in [5.74, 6) is -1.02. The Balaban J connectivity index is 1.71. The number of hydrogen-bond donors (Lipinski definition) is 1. The zero-order valence-electron chi connectivity index (χ0n) is 15.0. The highest BCUT2D eigenvalue weighted by Crippen LogP contribution is 2.25. The monoisotopic (exact) mass is 419 g/mol. The van der Waals surface area contributed by atoms with Crippen LogP contribution in [0, 0.1) is 0 Å². The molecule has 1 aliphatic rings. The van der Waals surface area contributed by atoms with Gasteiger partial charge in [0.25, 0.3) is 11.8 Å². The minimum absolute atomic E-state index is 0.00288. The smallest absolute Gasteiger partial charge is 0.270 e. The number of hydrogen-bond acceptors (Lipinski definition) is 4. The Morgan fingerprint density at radius 2 is 1.76 bits per heavy atom. The maximum absolute atomic E-state index is 13.1. The van der Waals surface area contributed by atoms with Gasteiger partial charge in [-0.05, 0) is 65.8 Å². The molecule has 1 N–H and O–H groups in total. The lowest BCUT2D eigenvalue weighted by atomic mass is 10.0. The number of pyridine rings is 1. The molecule has 29 heavy (non-hydrogen) atoms. The lowest BCUT2D eigenvalue weighted by Gasteiger charge is -2.29. The third kappa shape index (κ3) is 3.94. The number of thiocarbonyl (C=S) groups is 1. The zero-order valence-corrected chi connectivity index (χ0v) is 16.6. The van der Waals surface area contributed by atoms with Gasteiger partial charge in [0.15, 0.2) is 5.11 Å². The van der Waals surface area contributed by atoms with Crippen LogP contribution in [0.15, 0.2) is 78.6 Å². The largest absolute Gasteiger partial charge is 0.298 e. The van der Waals surface area contributed by atoms with Crippen molar-refractivity contribution in [3.8, 4) is 11.1 Å². The lowest BCUT2D eigenvalue weighted by molar-refractivity contribution is -0.122. The molecule has 0 atom stereocenters. The van der Waals surface area contributed by atoms with E-state index < -0.39 is 11.8 Å². The minimum atomic E-state index is -0.531. The second kappa shape index (κ2) is 7.95. The standard InChI is InChI=1S/C22H14ClN3O2S/c23-17-6-8-18(9-7-17)26-21(28)19(20(27)25-22(26)29)12-14-3-1-4-15(11-14)16-5-2-10-24-13-16/h1-13H,(H,25,27,29)/b19-12-. The van der Waals surface area contributed by atoms with Crippen LogP contribution < -0.4 is 10.2 Å². The maximum Gasteiger partial charge on any atom is 0.270 e. The van der Waals surface area contributed by atoms with Gasteiger partial charge in [-0.1, -0.05) is 35.9 Å². The van der Waals surface area contributed by atoms with Crippen LogP contribution >= 0.6 is 23.8 Å². The third-order valence-corrected chi connectivity index (χ3v) is 4.92. The van der Waals surface area contributed by atoms with E-state index in [1.54, 1.807) is 42.7 Å².